The predicted molar refractivity (Wildman–Crippen MR) is 50.5 cm³/mol. The van der Waals surface area contributed by atoms with Crippen molar-refractivity contribution in [2.75, 3.05) is 0 Å². The Morgan fingerprint density at radius 2 is 1.75 bits per heavy atom. The van der Waals surface area contributed by atoms with Crippen molar-refractivity contribution in [3.63, 3.8) is 0 Å². The molecule has 0 aliphatic heterocycles. The minimum Gasteiger partial charge on any atom is -0.225 e. The number of sulfonamides is 1. The van der Waals surface area contributed by atoms with Crippen molar-refractivity contribution < 1.29 is 26.0 Å². The number of nitrogens with two attached hydrogens (primary N) is 1. The fraction of sp³-hybridized carbons (Fsp3) is 0.143. The molecule has 1 aromatic rings. The van der Waals surface area contributed by atoms with Gasteiger partial charge in [0, 0.05) is 4.47 Å². The Morgan fingerprint density at radius 3 is 2.12 bits per heavy atom. The average Bonchev–Trinajstić information content (AvgIpc) is 1.97. The summed E-state index contributed by atoms with van der Waals surface area (Å²) in [5.74, 6) is -1.58. The molecule has 0 unspecified atom stereocenters. The van der Waals surface area contributed by atoms with E-state index in [1.165, 1.54) is 0 Å². The third kappa shape index (κ3) is 2.71. The Balaban J connectivity index is 3.58. The summed E-state index contributed by atoms with van der Waals surface area (Å²) in [4.78, 5) is -0.818. The van der Waals surface area contributed by atoms with Gasteiger partial charge in [0.25, 0.3) is 0 Å². The van der Waals surface area contributed by atoms with Crippen LogP contribution in [0.4, 0.5) is 17.6 Å². The van der Waals surface area contributed by atoms with Crippen molar-refractivity contribution in [1.29, 1.82) is 0 Å². The van der Waals surface area contributed by atoms with Gasteiger partial charge in [0.1, 0.15) is 5.82 Å². The van der Waals surface area contributed by atoms with Crippen molar-refractivity contribution in [3.8, 4) is 0 Å². The Kier molecular flexibility index (Phi) is 3.32. The molecule has 0 bridgehead atoms. The molecule has 0 aliphatic carbocycles. The first-order chi connectivity index (χ1) is 7.03. The van der Waals surface area contributed by atoms with Crippen LogP contribution in [0.25, 0.3) is 0 Å². The molecule has 0 amide bonds. The van der Waals surface area contributed by atoms with Gasteiger partial charge in [0.05, 0.1) is 10.5 Å². The molecule has 90 valence electrons. The highest BCUT2D eigenvalue weighted by molar-refractivity contribution is 9.10. The lowest BCUT2D eigenvalue weighted by Gasteiger charge is -2.10. The monoisotopic (exact) mass is 321 g/mol. The van der Waals surface area contributed by atoms with E-state index in [1.807, 2.05) is 0 Å². The normalized spacial score (nSPS) is 12.9. The van der Waals surface area contributed by atoms with Gasteiger partial charge in [-0.15, -0.1) is 0 Å². The van der Waals surface area contributed by atoms with Gasteiger partial charge < -0.3 is 0 Å². The lowest BCUT2D eigenvalue weighted by Crippen LogP contribution is -2.16. The van der Waals surface area contributed by atoms with Crippen LogP contribution in [-0.4, -0.2) is 8.42 Å². The standard InChI is InChI=1S/C7H4BrF4NO2S/c8-4-2-5(9)3(7(10,11)12)1-6(4)16(13,14)15/h1-2H,(H2,13,14,15). The molecule has 0 fully saturated rings. The Labute approximate surface area is 96.4 Å². The summed E-state index contributed by atoms with van der Waals surface area (Å²) in [6.07, 6.45) is -4.98. The highest BCUT2D eigenvalue weighted by Crippen LogP contribution is 2.35. The van der Waals surface area contributed by atoms with Gasteiger partial charge in [-0.2, -0.15) is 13.2 Å². The van der Waals surface area contributed by atoms with Gasteiger partial charge in [-0.1, -0.05) is 0 Å². The van der Waals surface area contributed by atoms with Crippen molar-refractivity contribution >= 4 is 26.0 Å². The second-order valence-corrected chi connectivity index (χ2v) is 5.19. The fourth-order valence-corrected chi connectivity index (χ4v) is 2.57. The minimum atomic E-state index is -4.98. The third-order valence-electron chi connectivity index (χ3n) is 1.63. The number of halogens is 5. The molecule has 0 aromatic heterocycles. The summed E-state index contributed by atoms with van der Waals surface area (Å²) in [5, 5.41) is 4.67. The van der Waals surface area contributed by atoms with Crippen LogP contribution in [-0.2, 0) is 16.2 Å². The van der Waals surface area contributed by atoms with Crippen LogP contribution in [0, 0.1) is 5.82 Å². The minimum absolute atomic E-state index is 0.148. The molecule has 3 nitrogen and oxygen atoms in total. The van der Waals surface area contributed by atoms with Crippen LogP contribution < -0.4 is 5.14 Å². The van der Waals surface area contributed by atoms with Crippen molar-refractivity contribution in [2.45, 2.75) is 11.1 Å². The second kappa shape index (κ2) is 3.97. The van der Waals surface area contributed by atoms with E-state index < -0.39 is 32.5 Å². The molecular formula is C7H4BrF4NO2S. The van der Waals surface area contributed by atoms with Crippen LogP contribution in [0.5, 0.6) is 0 Å². The van der Waals surface area contributed by atoms with Gasteiger partial charge in [-0.05, 0) is 28.1 Å². The number of alkyl halides is 3. The van der Waals surface area contributed by atoms with Crippen LogP contribution in [0.3, 0.4) is 0 Å². The molecule has 0 atom stereocenters. The van der Waals surface area contributed by atoms with Gasteiger partial charge in [-0.3, -0.25) is 0 Å². The largest absolute Gasteiger partial charge is 0.419 e. The summed E-state index contributed by atoms with van der Waals surface area (Å²) in [5.41, 5.74) is -1.68. The molecule has 0 aliphatic rings. The zero-order valence-electron chi connectivity index (χ0n) is 7.35. The van der Waals surface area contributed by atoms with Crippen molar-refractivity contribution in [2.24, 2.45) is 5.14 Å². The van der Waals surface area contributed by atoms with Gasteiger partial charge in [0.15, 0.2) is 0 Å². The first kappa shape index (κ1) is 13.4. The van der Waals surface area contributed by atoms with E-state index in [1.54, 1.807) is 0 Å². The molecule has 0 saturated heterocycles. The van der Waals surface area contributed by atoms with Crippen molar-refractivity contribution in [3.05, 3.63) is 28.0 Å². The predicted octanol–water partition coefficient (Wildman–Crippen LogP) is 2.25. The first-order valence-electron chi connectivity index (χ1n) is 3.62. The van der Waals surface area contributed by atoms with Crippen molar-refractivity contribution in [1.82, 2.24) is 0 Å². The molecule has 0 radical (unpaired) electrons. The second-order valence-electron chi connectivity index (χ2n) is 2.81. The van der Waals surface area contributed by atoms with Crippen LogP contribution in [0.15, 0.2) is 21.5 Å². The smallest absolute Gasteiger partial charge is 0.225 e. The summed E-state index contributed by atoms with van der Waals surface area (Å²) in [6, 6.07) is 0.553. The number of primary sulfonamides is 1. The average molecular weight is 322 g/mol. The van der Waals surface area contributed by atoms with Crippen LogP contribution in [0.2, 0.25) is 0 Å². The summed E-state index contributed by atoms with van der Waals surface area (Å²) in [6.45, 7) is 0. The van der Waals surface area contributed by atoms with E-state index in [-0.39, 0.29) is 10.5 Å². The van der Waals surface area contributed by atoms with Gasteiger partial charge in [-0.25, -0.2) is 17.9 Å². The highest BCUT2D eigenvalue weighted by atomic mass is 79.9. The third-order valence-corrected chi connectivity index (χ3v) is 3.50. The zero-order chi connectivity index (χ0) is 12.7. The fourth-order valence-electron chi connectivity index (χ4n) is 0.964. The Morgan fingerprint density at radius 1 is 1.25 bits per heavy atom. The van der Waals surface area contributed by atoms with Gasteiger partial charge in [0.2, 0.25) is 10.0 Å². The van der Waals surface area contributed by atoms with E-state index in [2.05, 4.69) is 21.1 Å². The maximum absolute atomic E-state index is 12.9. The summed E-state index contributed by atoms with van der Waals surface area (Å²) in [7, 11) is -4.35. The molecule has 2 N–H and O–H groups in total. The lowest BCUT2D eigenvalue weighted by atomic mass is 10.2. The zero-order valence-corrected chi connectivity index (χ0v) is 9.75. The number of hydrogen-bond acceptors (Lipinski definition) is 2. The molecule has 1 rings (SSSR count). The lowest BCUT2D eigenvalue weighted by molar-refractivity contribution is -0.140. The highest BCUT2D eigenvalue weighted by Gasteiger charge is 2.35. The molecule has 16 heavy (non-hydrogen) atoms. The van der Waals surface area contributed by atoms with E-state index >= 15 is 0 Å². The van der Waals surface area contributed by atoms with E-state index in [0.29, 0.717) is 6.07 Å². The summed E-state index contributed by atoms with van der Waals surface area (Å²) < 4.78 is 71.1. The number of hydrogen-bond donors (Lipinski definition) is 1. The van der Waals surface area contributed by atoms with Crippen LogP contribution >= 0.6 is 15.9 Å². The SMILES string of the molecule is NS(=O)(=O)c1cc(C(F)(F)F)c(F)cc1Br. The molecule has 0 heterocycles. The van der Waals surface area contributed by atoms with E-state index in [4.69, 9.17) is 0 Å². The quantitative estimate of drug-likeness (QED) is 0.806. The van der Waals surface area contributed by atoms with E-state index in [9.17, 15) is 26.0 Å². The van der Waals surface area contributed by atoms with Gasteiger partial charge >= 0.3 is 6.18 Å². The Bertz CT molecular complexity index is 526. The maximum atomic E-state index is 12.9. The first-order valence-corrected chi connectivity index (χ1v) is 5.96. The van der Waals surface area contributed by atoms with Crippen LogP contribution in [0.1, 0.15) is 5.56 Å². The van der Waals surface area contributed by atoms with E-state index in [0.717, 1.165) is 0 Å². The molecular weight excluding hydrogens is 318 g/mol. The topological polar surface area (TPSA) is 60.2 Å². The molecule has 9 heteroatoms. The molecule has 0 spiro atoms. The molecule has 0 saturated carbocycles. The molecule has 1 aromatic carbocycles. The Hall–Kier alpha value is -0.670. The maximum Gasteiger partial charge on any atom is 0.419 e. The summed E-state index contributed by atoms with van der Waals surface area (Å²) >= 11 is 2.62. The number of benzene rings is 1. The number of rotatable bonds is 1.